The first-order valence-electron chi connectivity index (χ1n) is 6.44. The third-order valence-electron chi connectivity index (χ3n) is 3.67. The number of rotatable bonds is 3. The van der Waals surface area contributed by atoms with Crippen LogP contribution in [0.15, 0.2) is 18.2 Å². The van der Waals surface area contributed by atoms with Gasteiger partial charge in [0.2, 0.25) is 0 Å². The molecule has 1 fully saturated rings. The molecule has 1 aromatic carbocycles. The third kappa shape index (κ3) is 2.87. The van der Waals surface area contributed by atoms with E-state index in [-0.39, 0.29) is 5.56 Å². The maximum atomic E-state index is 13.7. The molecule has 1 unspecified atom stereocenters. The van der Waals surface area contributed by atoms with Crippen LogP contribution in [0, 0.1) is 5.82 Å². The van der Waals surface area contributed by atoms with E-state index in [1.165, 1.54) is 6.07 Å². The number of piperidine rings is 1. The average molecular weight is 266 g/mol. The van der Waals surface area contributed by atoms with Crippen LogP contribution in [0.3, 0.4) is 0 Å². The van der Waals surface area contributed by atoms with Crippen LogP contribution in [0.1, 0.15) is 23.2 Å². The lowest BCUT2D eigenvalue weighted by molar-refractivity contribution is 0.0692. The number of carboxylic acid groups (broad SMARTS) is 1. The van der Waals surface area contributed by atoms with E-state index in [0.29, 0.717) is 11.7 Å². The summed E-state index contributed by atoms with van der Waals surface area (Å²) in [5, 5.41) is 9.18. The first-order valence-corrected chi connectivity index (χ1v) is 6.44. The van der Waals surface area contributed by atoms with Gasteiger partial charge in [0.05, 0.1) is 5.69 Å². The zero-order valence-corrected chi connectivity index (χ0v) is 11.3. The van der Waals surface area contributed by atoms with Gasteiger partial charge < -0.3 is 14.9 Å². The molecule has 1 heterocycles. The normalized spacial score (nSPS) is 19.8. The van der Waals surface area contributed by atoms with Crippen molar-refractivity contribution >= 4 is 11.7 Å². The molecule has 1 aliphatic rings. The Morgan fingerprint density at radius 3 is 2.84 bits per heavy atom. The predicted molar refractivity (Wildman–Crippen MR) is 72.3 cm³/mol. The number of anilines is 1. The molecule has 104 valence electrons. The van der Waals surface area contributed by atoms with Gasteiger partial charge in [-0.15, -0.1) is 0 Å². The van der Waals surface area contributed by atoms with Gasteiger partial charge in [0.15, 0.2) is 0 Å². The zero-order chi connectivity index (χ0) is 14.0. The number of nitrogens with zero attached hydrogens (tertiary/aromatic N) is 2. The highest BCUT2D eigenvalue weighted by atomic mass is 19.1. The number of carbonyl (C=O) groups is 1. The van der Waals surface area contributed by atoms with Crippen LogP contribution in [0.5, 0.6) is 0 Å². The molecular weight excluding hydrogens is 247 g/mol. The van der Waals surface area contributed by atoms with Crippen LogP contribution in [0.25, 0.3) is 0 Å². The molecule has 0 bridgehead atoms. The SMILES string of the molecule is CN(C)C1CCCN(c2cccc(F)c2C(=O)O)C1. The van der Waals surface area contributed by atoms with Gasteiger partial charge in [-0.2, -0.15) is 0 Å². The van der Waals surface area contributed by atoms with Gasteiger partial charge in [-0.05, 0) is 39.1 Å². The molecule has 1 aromatic rings. The minimum absolute atomic E-state index is 0.220. The fraction of sp³-hybridized carbons (Fsp3) is 0.500. The fourth-order valence-corrected chi connectivity index (χ4v) is 2.58. The highest BCUT2D eigenvalue weighted by molar-refractivity contribution is 5.94. The summed E-state index contributed by atoms with van der Waals surface area (Å²) in [5.74, 6) is -1.88. The van der Waals surface area contributed by atoms with Crippen molar-refractivity contribution < 1.29 is 14.3 Å². The summed E-state index contributed by atoms with van der Waals surface area (Å²) in [7, 11) is 4.02. The van der Waals surface area contributed by atoms with Crippen LogP contribution in [0.4, 0.5) is 10.1 Å². The van der Waals surface area contributed by atoms with Crippen LogP contribution in [-0.2, 0) is 0 Å². The number of carboxylic acids is 1. The van der Waals surface area contributed by atoms with Gasteiger partial charge in [0.1, 0.15) is 11.4 Å². The molecule has 1 atom stereocenters. The Bertz CT molecular complexity index is 477. The van der Waals surface area contributed by atoms with E-state index in [4.69, 9.17) is 0 Å². The molecule has 0 aromatic heterocycles. The standard InChI is InChI=1S/C14H19FN2O2/c1-16(2)10-5-4-8-17(9-10)12-7-3-6-11(15)13(12)14(18)19/h3,6-7,10H,4-5,8-9H2,1-2H3,(H,18,19). The summed E-state index contributed by atoms with van der Waals surface area (Å²) < 4.78 is 13.7. The van der Waals surface area contributed by atoms with Crippen molar-refractivity contribution in [2.45, 2.75) is 18.9 Å². The van der Waals surface area contributed by atoms with Crippen LogP contribution in [-0.4, -0.2) is 49.2 Å². The lowest BCUT2D eigenvalue weighted by Gasteiger charge is -2.38. The molecule has 5 heteroatoms. The van der Waals surface area contributed by atoms with Gasteiger partial charge >= 0.3 is 5.97 Å². The van der Waals surface area contributed by atoms with Gasteiger partial charge in [0, 0.05) is 19.1 Å². The van der Waals surface area contributed by atoms with Crippen LogP contribution < -0.4 is 4.90 Å². The highest BCUT2D eigenvalue weighted by Crippen LogP contribution is 2.27. The summed E-state index contributed by atoms with van der Waals surface area (Å²) in [5.41, 5.74) is 0.265. The van der Waals surface area contributed by atoms with Crippen molar-refractivity contribution in [3.05, 3.63) is 29.6 Å². The summed E-state index contributed by atoms with van der Waals surface area (Å²) in [6, 6.07) is 4.82. The summed E-state index contributed by atoms with van der Waals surface area (Å²) in [4.78, 5) is 15.3. The zero-order valence-electron chi connectivity index (χ0n) is 11.3. The van der Waals surface area contributed by atoms with Crippen LogP contribution in [0.2, 0.25) is 0 Å². The van der Waals surface area contributed by atoms with Crippen molar-refractivity contribution in [3.63, 3.8) is 0 Å². The molecule has 1 N–H and O–H groups in total. The Balaban J connectivity index is 2.31. The van der Waals surface area contributed by atoms with Gasteiger partial charge in [0.25, 0.3) is 0 Å². The Morgan fingerprint density at radius 2 is 2.21 bits per heavy atom. The number of aromatic carboxylic acids is 1. The van der Waals surface area contributed by atoms with Gasteiger partial charge in [-0.3, -0.25) is 0 Å². The Morgan fingerprint density at radius 1 is 1.47 bits per heavy atom. The van der Waals surface area contributed by atoms with E-state index in [2.05, 4.69) is 4.90 Å². The molecular formula is C14H19FN2O2. The lowest BCUT2D eigenvalue weighted by atomic mass is 10.0. The number of halogens is 1. The first kappa shape index (κ1) is 13.8. The number of benzene rings is 1. The lowest BCUT2D eigenvalue weighted by Crippen LogP contribution is -2.45. The third-order valence-corrected chi connectivity index (χ3v) is 3.67. The maximum Gasteiger partial charge on any atom is 0.340 e. The van der Waals surface area contributed by atoms with Gasteiger partial charge in [-0.25, -0.2) is 9.18 Å². The molecule has 0 saturated carbocycles. The number of likely N-dealkylation sites (N-methyl/N-ethyl adjacent to an activating group) is 1. The largest absolute Gasteiger partial charge is 0.478 e. The second kappa shape index (κ2) is 5.57. The molecule has 1 aliphatic heterocycles. The number of hydrogen-bond donors (Lipinski definition) is 1. The quantitative estimate of drug-likeness (QED) is 0.909. The minimum Gasteiger partial charge on any atom is -0.478 e. The summed E-state index contributed by atoms with van der Waals surface area (Å²) in [6.07, 6.45) is 2.07. The van der Waals surface area contributed by atoms with E-state index >= 15 is 0 Å². The summed E-state index contributed by atoms with van der Waals surface area (Å²) >= 11 is 0. The van der Waals surface area contributed by atoms with Crippen molar-refractivity contribution in [3.8, 4) is 0 Å². The Kier molecular flexibility index (Phi) is 4.04. The van der Waals surface area contributed by atoms with Crippen molar-refractivity contribution in [1.29, 1.82) is 0 Å². The maximum absolute atomic E-state index is 13.7. The van der Waals surface area contributed by atoms with E-state index in [1.54, 1.807) is 12.1 Å². The second-order valence-electron chi connectivity index (χ2n) is 5.14. The molecule has 1 saturated heterocycles. The Hall–Kier alpha value is -1.62. The second-order valence-corrected chi connectivity index (χ2v) is 5.14. The summed E-state index contributed by atoms with van der Waals surface area (Å²) in [6.45, 7) is 1.50. The minimum atomic E-state index is -1.21. The molecule has 19 heavy (non-hydrogen) atoms. The van der Waals surface area contributed by atoms with E-state index < -0.39 is 11.8 Å². The van der Waals surface area contributed by atoms with Crippen molar-refractivity contribution in [2.24, 2.45) is 0 Å². The van der Waals surface area contributed by atoms with Crippen molar-refractivity contribution in [1.82, 2.24) is 4.90 Å². The molecule has 0 amide bonds. The number of hydrogen-bond acceptors (Lipinski definition) is 3. The van der Waals surface area contributed by atoms with Crippen LogP contribution >= 0.6 is 0 Å². The molecule has 2 rings (SSSR count). The topological polar surface area (TPSA) is 43.8 Å². The smallest absolute Gasteiger partial charge is 0.340 e. The van der Waals surface area contributed by atoms with Gasteiger partial charge in [-0.1, -0.05) is 6.07 Å². The monoisotopic (exact) mass is 266 g/mol. The van der Waals surface area contributed by atoms with E-state index in [9.17, 15) is 14.3 Å². The average Bonchev–Trinajstić information content (AvgIpc) is 2.38. The first-order chi connectivity index (χ1) is 9.00. The Labute approximate surface area is 112 Å². The van der Waals surface area contributed by atoms with E-state index in [1.807, 2.05) is 19.0 Å². The molecule has 4 nitrogen and oxygen atoms in total. The molecule has 0 radical (unpaired) electrons. The fourth-order valence-electron chi connectivity index (χ4n) is 2.58. The molecule has 0 spiro atoms. The van der Waals surface area contributed by atoms with E-state index in [0.717, 1.165) is 25.9 Å². The van der Waals surface area contributed by atoms with Crippen molar-refractivity contribution in [2.75, 3.05) is 32.1 Å². The predicted octanol–water partition coefficient (Wildman–Crippen LogP) is 2.05. The molecule has 0 aliphatic carbocycles. The highest BCUT2D eigenvalue weighted by Gasteiger charge is 2.26.